The maximum absolute atomic E-state index is 13.1. The molecule has 0 radical (unpaired) electrons. The molecule has 5 nitrogen and oxygen atoms in total. The number of amides is 2. The Morgan fingerprint density at radius 1 is 0.912 bits per heavy atom. The van der Waals surface area contributed by atoms with E-state index in [-0.39, 0.29) is 24.2 Å². The fourth-order valence-electron chi connectivity index (χ4n) is 4.28. The van der Waals surface area contributed by atoms with Crippen LogP contribution in [0.15, 0.2) is 66.7 Å². The fourth-order valence-corrected chi connectivity index (χ4v) is 5.26. The van der Waals surface area contributed by atoms with Crippen LogP contribution in [0.1, 0.15) is 25.0 Å². The molecule has 6 heteroatoms. The van der Waals surface area contributed by atoms with E-state index < -0.39 is 6.04 Å². The van der Waals surface area contributed by atoms with E-state index in [2.05, 4.69) is 27.7 Å². The van der Waals surface area contributed by atoms with Gasteiger partial charge in [-0.15, -0.1) is 0 Å². The second-order valence-corrected chi connectivity index (χ2v) is 10.5. The number of thioether (sulfide) groups is 1. The minimum absolute atomic E-state index is 0.0328. The summed E-state index contributed by atoms with van der Waals surface area (Å²) < 4.78 is 0. The molecular formula is C28H33N3O2S. The fraction of sp³-hybridized carbons (Fsp3) is 0.357. The zero-order chi connectivity index (χ0) is 23.9. The standard InChI is InChI=1S/C28H33N3O2S/c1-20(2)27(30-26(32)18-21-10-11-23-7-3-4-8-24(23)16-21)28(33)29-25-9-5-6-22(17-25)19-31-12-14-34-15-13-31/h3-11,16-17,20,27H,12-15,18-19H2,1-2H3,(H,29,33)(H,30,32). The van der Waals surface area contributed by atoms with Crippen LogP contribution in [0.25, 0.3) is 10.8 Å². The average molecular weight is 476 g/mol. The highest BCUT2D eigenvalue weighted by atomic mass is 32.2. The summed E-state index contributed by atoms with van der Waals surface area (Å²) in [5.74, 6) is 1.97. The minimum atomic E-state index is -0.601. The van der Waals surface area contributed by atoms with Crippen LogP contribution in [0.2, 0.25) is 0 Å². The first-order chi connectivity index (χ1) is 16.5. The summed E-state index contributed by atoms with van der Waals surface area (Å²) in [5, 5.41) is 8.22. The molecule has 1 unspecified atom stereocenters. The molecule has 1 fully saturated rings. The molecule has 0 bridgehead atoms. The molecule has 1 heterocycles. The van der Waals surface area contributed by atoms with Crippen LogP contribution < -0.4 is 10.6 Å². The van der Waals surface area contributed by atoms with E-state index in [9.17, 15) is 9.59 Å². The van der Waals surface area contributed by atoms with Crippen LogP contribution in [0.4, 0.5) is 5.69 Å². The Kier molecular flexibility index (Phi) is 8.25. The highest BCUT2D eigenvalue weighted by molar-refractivity contribution is 7.99. The molecule has 3 aromatic carbocycles. The molecule has 1 aliphatic heterocycles. The minimum Gasteiger partial charge on any atom is -0.344 e. The predicted octanol–water partition coefficient (Wildman–Crippen LogP) is 4.71. The van der Waals surface area contributed by atoms with Gasteiger partial charge in [-0.05, 0) is 39.9 Å². The average Bonchev–Trinajstić information content (AvgIpc) is 2.83. The van der Waals surface area contributed by atoms with Crippen LogP contribution in [0.5, 0.6) is 0 Å². The Labute approximate surface area is 206 Å². The summed E-state index contributed by atoms with van der Waals surface area (Å²) in [4.78, 5) is 28.3. The summed E-state index contributed by atoms with van der Waals surface area (Å²) in [6.07, 6.45) is 0.241. The van der Waals surface area contributed by atoms with Gasteiger partial charge in [-0.1, -0.05) is 68.4 Å². The van der Waals surface area contributed by atoms with Crippen molar-refractivity contribution in [2.75, 3.05) is 29.9 Å². The van der Waals surface area contributed by atoms with Crippen LogP contribution in [-0.2, 0) is 22.6 Å². The number of hydrogen-bond acceptors (Lipinski definition) is 4. The number of fused-ring (bicyclic) bond motifs is 1. The van der Waals surface area contributed by atoms with Crippen LogP contribution in [0.3, 0.4) is 0 Å². The molecule has 2 N–H and O–H groups in total. The number of anilines is 1. The smallest absolute Gasteiger partial charge is 0.247 e. The van der Waals surface area contributed by atoms with Crippen molar-refractivity contribution in [2.45, 2.75) is 32.9 Å². The highest BCUT2D eigenvalue weighted by Crippen LogP contribution is 2.18. The van der Waals surface area contributed by atoms with Gasteiger partial charge in [0, 0.05) is 36.8 Å². The topological polar surface area (TPSA) is 61.4 Å². The first-order valence-corrected chi connectivity index (χ1v) is 13.1. The molecule has 0 aromatic heterocycles. The normalized spacial score (nSPS) is 15.3. The lowest BCUT2D eigenvalue weighted by Crippen LogP contribution is -2.47. The van der Waals surface area contributed by atoms with Gasteiger partial charge in [-0.2, -0.15) is 11.8 Å². The first-order valence-electron chi connectivity index (χ1n) is 11.9. The van der Waals surface area contributed by atoms with Crippen molar-refractivity contribution in [3.63, 3.8) is 0 Å². The summed E-state index contributed by atoms with van der Waals surface area (Å²) >= 11 is 2.00. The first kappa shape index (κ1) is 24.3. The lowest BCUT2D eigenvalue weighted by Gasteiger charge is -2.26. The molecule has 1 aliphatic rings. The molecule has 0 saturated carbocycles. The van der Waals surface area contributed by atoms with Crippen molar-refractivity contribution in [2.24, 2.45) is 5.92 Å². The Hall–Kier alpha value is -2.83. The Morgan fingerprint density at radius 3 is 2.44 bits per heavy atom. The Balaban J connectivity index is 1.37. The van der Waals surface area contributed by atoms with Crippen molar-refractivity contribution in [1.82, 2.24) is 10.2 Å². The molecule has 1 atom stereocenters. The van der Waals surface area contributed by atoms with Gasteiger partial charge >= 0.3 is 0 Å². The second kappa shape index (κ2) is 11.5. The second-order valence-electron chi connectivity index (χ2n) is 9.23. The van der Waals surface area contributed by atoms with Gasteiger partial charge in [0.2, 0.25) is 11.8 Å². The molecule has 0 spiro atoms. The van der Waals surface area contributed by atoms with Crippen LogP contribution in [0, 0.1) is 5.92 Å². The van der Waals surface area contributed by atoms with Crippen LogP contribution >= 0.6 is 11.8 Å². The molecule has 34 heavy (non-hydrogen) atoms. The van der Waals surface area contributed by atoms with Crippen molar-refractivity contribution in [3.8, 4) is 0 Å². The van der Waals surface area contributed by atoms with Crippen LogP contribution in [-0.4, -0.2) is 47.4 Å². The Morgan fingerprint density at radius 2 is 1.68 bits per heavy atom. The van der Waals surface area contributed by atoms with Gasteiger partial charge in [0.15, 0.2) is 0 Å². The van der Waals surface area contributed by atoms with E-state index in [0.29, 0.717) is 0 Å². The van der Waals surface area contributed by atoms with Crippen molar-refractivity contribution >= 4 is 40.0 Å². The summed E-state index contributed by atoms with van der Waals surface area (Å²) in [6, 6.07) is 21.5. The third-order valence-corrected chi connectivity index (χ3v) is 7.09. The zero-order valence-electron chi connectivity index (χ0n) is 19.9. The highest BCUT2D eigenvalue weighted by Gasteiger charge is 2.24. The molecule has 1 saturated heterocycles. The number of carbonyl (C=O) groups is 2. The Bertz CT molecular complexity index is 1140. The zero-order valence-corrected chi connectivity index (χ0v) is 20.7. The maximum Gasteiger partial charge on any atom is 0.247 e. The van der Waals surface area contributed by atoms with E-state index in [1.54, 1.807) is 0 Å². The molecule has 3 aromatic rings. The van der Waals surface area contributed by atoms with Gasteiger partial charge in [0.25, 0.3) is 0 Å². The molecule has 2 amide bonds. The largest absolute Gasteiger partial charge is 0.344 e. The molecule has 4 rings (SSSR count). The van der Waals surface area contributed by atoms with Gasteiger partial charge in [0.05, 0.1) is 6.42 Å². The van der Waals surface area contributed by atoms with Gasteiger partial charge < -0.3 is 10.6 Å². The van der Waals surface area contributed by atoms with Crippen molar-refractivity contribution < 1.29 is 9.59 Å². The van der Waals surface area contributed by atoms with Gasteiger partial charge in [0.1, 0.15) is 6.04 Å². The molecule has 178 valence electrons. The molecular weight excluding hydrogens is 442 g/mol. The van der Waals surface area contributed by atoms with E-state index >= 15 is 0 Å². The SMILES string of the molecule is CC(C)C(NC(=O)Cc1ccc2ccccc2c1)C(=O)Nc1cccc(CN2CCSCC2)c1. The van der Waals surface area contributed by atoms with Gasteiger partial charge in [-0.3, -0.25) is 14.5 Å². The lowest BCUT2D eigenvalue weighted by molar-refractivity contribution is -0.127. The van der Waals surface area contributed by atoms with Gasteiger partial charge in [-0.25, -0.2) is 0 Å². The quantitative estimate of drug-likeness (QED) is 0.495. The number of benzene rings is 3. The number of hydrogen-bond donors (Lipinski definition) is 2. The monoisotopic (exact) mass is 475 g/mol. The number of rotatable bonds is 8. The van der Waals surface area contributed by atoms with E-state index in [1.165, 1.54) is 17.1 Å². The summed E-state index contributed by atoms with van der Waals surface area (Å²) in [5.41, 5.74) is 2.89. The van der Waals surface area contributed by atoms with Crippen molar-refractivity contribution in [1.29, 1.82) is 0 Å². The summed E-state index contributed by atoms with van der Waals surface area (Å²) in [7, 11) is 0. The van der Waals surface area contributed by atoms with E-state index in [4.69, 9.17) is 0 Å². The predicted molar refractivity (Wildman–Crippen MR) is 142 cm³/mol. The number of carbonyl (C=O) groups excluding carboxylic acids is 2. The maximum atomic E-state index is 13.1. The number of nitrogens with zero attached hydrogens (tertiary/aromatic N) is 1. The van der Waals surface area contributed by atoms with Crippen molar-refractivity contribution in [3.05, 3.63) is 77.9 Å². The third-order valence-electron chi connectivity index (χ3n) is 6.15. The lowest BCUT2D eigenvalue weighted by atomic mass is 10.0. The van der Waals surface area contributed by atoms with E-state index in [1.807, 2.05) is 80.2 Å². The summed E-state index contributed by atoms with van der Waals surface area (Å²) in [6.45, 7) is 6.98. The number of nitrogens with one attached hydrogen (secondary N) is 2. The third kappa shape index (κ3) is 6.61. The molecule has 0 aliphatic carbocycles. The van der Waals surface area contributed by atoms with E-state index in [0.717, 1.165) is 41.7 Å².